The van der Waals surface area contributed by atoms with Gasteiger partial charge in [0.2, 0.25) is 0 Å². The van der Waals surface area contributed by atoms with E-state index in [0.29, 0.717) is 16.9 Å². The first-order valence-electron chi connectivity index (χ1n) is 13.5. The zero-order chi connectivity index (χ0) is 23.2. The number of rotatable bonds is 5. The first kappa shape index (κ1) is 23.3. The van der Waals surface area contributed by atoms with E-state index in [1.54, 1.807) is 12.1 Å². The number of methoxy groups -OCH3 is 1. The third-order valence-electron chi connectivity index (χ3n) is 10.6. The van der Waals surface area contributed by atoms with Crippen LogP contribution < -0.4 is 5.32 Å². The van der Waals surface area contributed by atoms with Crippen LogP contribution in [0.4, 0.5) is 4.39 Å². The van der Waals surface area contributed by atoms with Crippen LogP contribution in [0, 0.1) is 52.7 Å². The Kier molecular flexibility index (Phi) is 6.59. The first-order chi connectivity index (χ1) is 15.9. The maximum atomic E-state index is 13.3. The van der Waals surface area contributed by atoms with E-state index in [2.05, 4.69) is 19.2 Å². The van der Waals surface area contributed by atoms with Crippen molar-refractivity contribution in [3.63, 3.8) is 0 Å². The third-order valence-corrected chi connectivity index (χ3v) is 10.6. The van der Waals surface area contributed by atoms with Crippen molar-refractivity contribution in [2.75, 3.05) is 13.7 Å². The monoisotopic (exact) mass is 455 g/mol. The number of carbonyl (C=O) groups is 1. The summed E-state index contributed by atoms with van der Waals surface area (Å²) in [4.78, 5) is 12.8. The molecule has 1 aromatic rings. The Bertz CT molecular complexity index is 841. The second-order valence-corrected chi connectivity index (χ2v) is 12.1. The van der Waals surface area contributed by atoms with Crippen molar-refractivity contribution in [3.05, 3.63) is 35.6 Å². The van der Waals surface area contributed by atoms with Gasteiger partial charge in [0.1, 0.15) is 5.82 Å². The quantitative estimate of drug-likeness (QED) is 0.552. The summed E-state index contributed by atoms with van der Waals surface area (Å²) >= 11 is 0. The molecule has 4 aliphatic rings. The lowest BCUT2D eigenvalue weighted by molar-refractivity contribution is -0.0742. The SMILES string of the molecule is COC[C@H]1CC[C@@H]2C3CC[C@@]4(C)C(CCC4[C@@H](C)NC(=O)c4ccc(F)cc4)[C@@H]3CC[C@@H]2C1. The van der Waals surface area contributed by atoms with Crippen LogP contribution in [-0.2, 0) is 4.74 Å². The van der Waals surface area contributed by atoms with Crippen molar-refractivity contribution in [2.45, 2.75) is 77.7 Å². The topological polar surface area (TPSA) is 38.3 Å². The van der Waals surface area contributed by atoms with Gasteiger partial charge in [-0.05, 0) is 136 Å². The molecule has 182 valence electrons. The number of nitrogens with one attached hydrogen (secondary N) is 1. The van der Waals surface area contributed by atoms with Crippen molar-refractivity contribution in [1.82, 2.24) is 5.32 Å². The summed E-state index contributed by atoms with van der Waals surface area (Å²) in [6.45, 7) is 5.68. The summed E-state index contributed by atoms with van der Waals surface area (Å²) < 4.78 is 18.7. The standard InChI is InChI=1S/C29H42FNO2/c1-18(31-28(32)20-5-8-22(30)9-6-20)26-12-13-27-25-11-7-21-16-19(17-33-3)4-10-23(21)24(25)14-15-29(26,27)2/h5-6,8-9,18-19,21,23-27H,4,7,10-17H2,1-3H3,(H,31,32)/t18-,19+,21-,23+,24?,25-,26?,27?,29-/m1/s1. The van der Waals surface area contributed by atoms with Gasteiger partial charge in [0, 0.05) is 25.3 Å². The molecule has 1 amide bonds. The highest BCUT2D eigenvalue weighted by Gasteiger charge is 2.57. The second-order valence-electron chi connectivity index (χ2n) is 12.1. The highest BCUT2D eigenvalue weighted by molar-refractivity contribution is 5.94. The molecule has 4 heteroatoms. The minimum atomic E-state index is -0.301. The first-order valence-corrected chi connectivity index (χ1v) is 13.5. The van der Waals surface area contributed by atoms with E-state index in [4.69, 9.17) is 4.74 Å². The highest BCUT2D eigenvalue weighted by Crippen LogP contribution is 2.64. The van der Waals surface area contributed by atoms with Gasteiger partial charge >= 0.3 is 0 Å². The number of ether oxygens (including phenoxy) is 1. The number of halogens is 1. The third kappa shape index (κ3) is 4.26. The van der Waals surface area contributed by atoms with Crippen LogP contribution >= 0.6 is 0 Å². The van der Waals surface area contributed by atoms with E-state index in [-0.39, 0.29) is 17.8 Å². The van der Waals surface area contributed by atoms with Crippen LogP contribution in [0.5, 0.6) is 0 Å². The van der Waals surface area contributed by atoms with Crippen molar-refractivity contribution < 1.29 is 13.9 Å². The van der Waals surface area contributed by atoms with Crippen molar-refractivity contribution in [2.24, 2.45) is 46.8 Å². The Labute approximate surface area is 199 Å². The number of hydrogen-bond donors (Lipinski definition) is 1. The molecule has 4 aliphatic carbocycles. The number of amides is 1. The van der Waals surface area contributed by atoms with Gasteiger partial charge in [-0.1, -0.05) is 6.92 Å². The van der Waals surface area contributed by atoms with Crippen LogP contribution in [0.15, 0.2) is 24.3 Å². The van der Waals surface area contributed by atoms with Gasteiger partial charge < -0.3 is 10.1 Å². The minimum Gasteiger partial charge on any atom is -0.384 e. The van der Waals surface area contributed by atoms with Gasteiger partial charge in [-0.25, -0.2) is 4.39 Å². The summed E-state index contributed by atoms with van der Waals surface area (Å²) in [5.41, 5.74) is 0.880. The molecule has 1 N–H and O–H groups in total. The summed E-state index contributed by atoms with van der Waals surface area (Å²) in [5, 5.41) is 3.28. The smallest absolute Gasteiger partial charge is 0.251 e. The normalized spacial score (nSPS) is 40.9. The maximum Gasteiger partial charge on any atom is 0.251 e. The van der Waals surface area contributed by atoms with Crippen LogP contribution in [-0.4, -0.2) is 25.7 Å². The molecule has 0 saturated heterocycles. The molecule has 0 radical (unpaired) electrons. The van der Waals surface area contributed by atoms with E-state index in [1.165, 1.54) is 69.9 Å². The summed E-state index contributed by atoms with van der Waals surface area (Å²) in [6, 6.07) is 6.05. The Hall–Kier alpha value is -1.42. The van der Waals surface area contributed by atoms with E-state index >= 15 is 0 Å². The molecule has 0 aliphatic heterocycles. The predicted octanol–water partition coefficient (Wildman–Crippen LogP) is 6.48. The predicted molar refractivity (Wildman–Crippen MR) is 129 cm³/mol. The molecule has 33 heavy (non-hydrogen) atoms. The lowest BCUT2D eigenvalue weighted by atomic mass is 9.49. The average molecular weight is 456 g/mol. The lowest BCUT2D eigenvalue weighted by Crippen LogP contribution is -2.51. The number of hydrogen-bond acceptors (Lipinski definition) is 2. The summed E-state index contributed by atoms with van der Waals surface area (Å²) in [7, 11) is 1.85. The van der Waals surface area contributed by atoms with Crippen molar-refractivity contribution in [1.29, 1.82) is 0 Å². The average Bonchev–Trinajstić information content (AvgIpc) is 3.16. The zero-order valence-corrected chi connectivity index (χ0v) is 20.7. The fraction of sp³-hybridized carbons (Fsp3) is 0.759. The summed E-state index contributed by atoms with van der Waals surface area (Å²) in [5.74, 6) is 5.42. The maximum absolute atomic E-state index is 13.3. The number of benzene rings is 1. The molecule has 9 atom stereocenters. The Morgan fingerprint density at radius 3 is 2.58 bits per heavy atom. The van der Waals surface area contributed by atoms with Gasteiger partial charge in [-0.15, -0.1) is 0 Å². The molecular weight excluding hydrogens is 413 g/mol. The minimum absolute atomic E-state index is 0.0726. The molecule has 0 aromatic heterocycles. The summed E-state index contributed by atoms with van der Waals surface area (Å²) in [6.07, 6.45) is 12.2. The Morgan fingerprint density at radius 2 is 1.82 bits per heavy atom. The van der Waals surface area contributed by atoms with Gasteiger partial charge in [-0.2, -0.15) is 0 Å². The van der Waals surface area contributed by atoms with Crippen LogP contribution in [0.2, 0.25) is 0 Å². The zero-order valence-electron chi connectivity index (χ0n) is 20.7. The molecule has 0 bridgehead atoms. The Balaban J connectivity index is 1.25. The van der Waals surface area contributed by atoms with Gasteiger partial charge in [-0.3, -0.25) is 4.79 Å². The largest absolute Gasteiger partial charge is 0.384 e. The van der Waals surface area contributed by atoms with Gasteiger partial charge in [0.05, 0.1) is 0 Å². The molecule has 0 heterocycles. The molecule has 3 nitrogen and oxygen atoms in total. The lowest BCUT2D eigenvalue weighted by Gasteiger charge is -2.56. The molecule has 3 unspecified atom stereocenters. The van der Waals surface area contributed by atoms with Crippen LogP contribution in [0.3, 0.4) is 0 Å². The molecule has 5 rings (SSSR count). The Morgan fingerprint density at radius 1 is 1.06 bits per heavy atom. The number of fused-ring (bicyclic) bond motifs is 5. The fourth-order valence-electron chi connectivity index (χ4n) is 9.19. The highest BCUT2D eigenvalue weighted by atomic mass is 19.1. The molecule has 4 fully saturated rings. The van der Waals surface area contributed by atoms with Gasteiger partial charge in [0.25, 0.3) is 5.91 Å². The van der Waals surface area contributed by atoms with Crippen molar-refractivity contribution in [3.8, 4) is 0 Å². The van der Waals surface area contributed by atoms with E-state index in [1.807, 2.05) is 7.11 Å². The van der Waals surface area contributed by atoms with Gasteiger partial charge in [0.15, 0.2) is 0 Å². The van der Waals surface area contributed by atoms with Crippen LogP contribution in [0.25, 0.3) is 0 Å². The van der Waals surface area contributed by atoms with Crippen molar-refractivity contribution >= 4 is 5.91 Å². The second kappa shape index (κ2) is 9.32. The molecular formula is C29H42FNO2. The molecule has 0 spiro atoms. The van der Waals surface area contributed by atoms with E-state index in [9.17, 15) is 9.18 Å². The van der Waals surface area contributed by atoms with E-state index < -0.39 is 0 Å². The molecule has 1 aromatic carbocycles. The van der Waals surface area contributed by atoms with E-state index in [0.717, 1.165) is 42.1 Å². The fourth-order valence-corrected chi connectivity index (χ4v) is 9.19. The molecule has 4 saturated carbocycles. The number of carbonyl (C=O) groups excluding carboxylic acids is 1. The van der Waals surface area contributed by atoms with Crippen LogP contribution in [0.1, 0.15) is 82.0 Å².